The predicted octanol–water partition coefficient (Wildman–Crippen LogP) is 5.57. The van der Waals surface area contributed by atoms with E-state index in [9.17, 15) is 40.9 Å². The Kier molecular flexibility index (Phi) is 24.6. The van der Waals surface area contributed by atoms with Gasteiger partial charge in [0.05, 0.1) is 47.2 Å². The number of aromatic nitrogens is 12. The molecule has 17 N–H and O–H groups in total. The van der Waals surface area contributed by atoms with Crippen LogP contribution < -0.4 is 22.9 Å². The predicted molar refractivity (Wildman–Crippen MR) is 410 cm³/mol. The maximum Gasteiger partial charge on any atom is 0.207 e. The average Bonchev–Trinajstić information content (AvgIpc) is 1.61. The van der Waals surface area contributed by atoms with Crippen LogP contribution in [0.5, 0.6) is 0 Å². The largest absolute Gasteiger partial charge is 0.397 e. The van der Waals surface area contributed by atoms with Gasteiger partial charge in [0.15, 0.2) is 61.3 Å². The summed E-state index contributed by atoms with van der Waals surface area (Å²) in [6, 6.07) is 6.66. The summed E-state index contributed by atoms with van der Waals surface area (Å²) in [4.78, 5) is 33.3. The SMILES string of the molecule is C=P(C)(C)CC[C@H]1O[C@@H](n2c(=S)[nH]c3c(N)ccnc32)[C@H](O)[C@@H]1O.C=P(C)(C)CC[C@H]1O[C@@H](n2c(Cl)nc3c(N)ccnc32)[C@H](O)[C@@H]1O.C=P(C)(C)CC[C@H]1O[C@@H](n2c(I)nc3c(N)ccnc32)[C@H](O)[C@@H]1O.C=P(C)(C)CC[C@H]1O[C@@H](n2c(SC)nc3c(N)ccnc32)[C@H](O)[C@@H]1O. The zero-order chi connectivity index (χ0) is 71.3. The van der Waals surface area contributed by atoms with Gasteiger partial charge in [0.1, 0.15) is 70.9 Å². The molecule has 0 radical (unpaired) electrons. The van der Waals surface area contributed by atoms with Crippen LogP contribution in [0.25, 0.3) is 44.7 Å². The monoisotopic (exact) mass is 1590 g/mol. The van der Waals surface area contributed by atoms with Gasteiger partial charge >= 0.3 is 0 Å². The highest BCUT2D eigenvalue weighted by Crippen LogP contribution is 2.46. The molecule has 28 nitrogen and oxygen atoms in total. The lowest BCUT2D eigenvalue weighted by Gasteiger charge is -2.19. The topological polar surface area (TPSA) is 429 Å². The molecular formula is C61H92ClIN16O12P4S2. The van der Waals surface area contributed by atoms with Crippen molar-refractivity contribution in [2.75, 3.05) is 107 Å². The molecule has 36 heteroatoms. The summed E-state index contributed by atoms with van der Waals surface area (Å²) in [5.41, 5.74) is 30.0. The molecule has 12 heterocycles. The fraction of sp³-hybridized carbons (Fsp3) is 0.541. The Hall–Kier alpha value is -4.01. The van der Waals surface area contributed by atoms with Crippen LogP contribution in [0.4, 0.5) is 22.7 Å². The Morgan fingerprint density at radius 2 is 0.794 bits per heavy atom. The average molecular weight is 1590 g/mol. The van der Waals surface area contributed by atoms with Gasteiger partial charge in [-0.05, 0) is 158 Å². The van der Waals surface area contributed by atoms with Crippen LogP contribution in [0.15, 0.2) is 54.2 Å². The summed E-state index contributed by atoms with van der Waals surface area (Å²) in [6.07, 6.45) is 17.9. The maximum absolute atomic E-state index is 10.6. The number of H-pyrrole nitrogens is 1. The molecule has 534 valence electrons. The lowest BCUT2D eigenvalue weighted by atomic mass is 10.1. The number of nitrogens with zero attached hydrogens (tertiary/aromatic N) is 11. The van der Waals surface area contributed by atoms with Crippen molar-refractivity contribution in [3.63, 3.8) is 0 Å². The number of halogens is 2. The molecule has 0 spiro atoms. The molecule has 4 saturated heterocycles. The van der Waals surface area contributed by atoms with Gasteiger partial charge in [-0.3, -0.25) is 18.3 Å². The number of hydrogen-bond donors (Lipinski definition) is 13. The summed E-state index contributed by atoms with van der Waals surface area (Å²) in [6.45, 7) is 12.1. The quantitative estimate of drug-likeness (QED) is 0.0229. The standard InChI is InChI=1S/C16H25N4O3PS.C15H22ClN4O3P.C15H22IN4O3P.C15H23N4O3PS/c1-24(2,3)8-6-10-12(21)13(22)15(23-10)20-14-11(19-16(20)25-4)9(17)5-7-18-14;2*1-24(2,3)7-5-9-11(21)12(22)14(23-9)20-13-10(19-15(20)16)8(17)4-6-18-13;1-23(2,3)7-5-9-11(20)12(21)14(22-9)19-13-10(18-15(19)24)8(16)4-6-17-13/h5,7,10,12-13,15,21-22H,1,6,8H2,2-4H3,(H2,17,18);2*4,6,9,11-12,14,21-22H,1,5,7H2,2-3H3,(H2,17,18);4,6,9,11-12,14,20-21H,1,5,7H2,2-3H3,(H2,16,17)(H,18,24)/t10-,12-,13-,15-;3*9-,11-,12-,14-/m1111/s1. The number of rotatable bonds is 17. The fourth-order valence-electron chi connectivity index (χ4n) is 11.7. The first-order chi connectivity index (χ1) is 45.3. The van der Waals surface area contributed by atoms with Gasteiger partial charge in [-0.15, -0.1) is 52.7 Å². The molecule has 0 bridgehead atoms. The zero-order valence-electron chi connectivity index (χ0n) is 55.6. The molecule has 4 aliphatic rings. The molecule has 0 amide bonds. The number of hydrogen-bond acceptors (Lipinski definition) is 25. The van der Waals surface area contributed by atoms with Gasteiger partial charge in [-0.2, -0.15) is 0 Å². The third-order valence-electron chi connectivity index (χ3n) is 17.0. The zero-order valence-corrected chi connectivity index (χ0v) is 63.8. The molecule has 8 aromatic rings. The summed E-state index contributed by atoms with van der Waals surface area (Å²) in [5.74, 6) is 0. The number of aromatic amines is 1. The molecule has 0 aliphatic carbocycles. The van der Waals surface area contributed by atoms with Crippen LogP contribution in [0, 0.1) is 8.60 Å². The fourth-order valence-corrected chi connectivity index (χ4v) is 17.4. The van der Waals surface area contributed by atoms with Crippen molar-refractivity contribution in [2.24, 2.45) is 0 Å². The highest BCUT2D eigenvalue weighted by atomic mass is 127. The molecule has 97 heavy (non-hydrogen) atoms. The van der Waals surface area contributed by atoms with E-state index in [1.807, 2.05) is 6.26 Å². The Morgan fingerprint density at radius 3 is 1.18 bits per heavy atom. The first-order valence-electron chi connectivity index (χ1n) is 31.1. The van der Waals surface area contributed by atoms with E-state index in [2.05, 4.69) is 141 Å². The molecule has 0 saturated carbocycles. The van der Waals surface area contributed by atoms with Crippen molar-refractivity contribution >= 4 is 178 Å². The van der Waals surface area contributed by atoms with E-state index in [-0.39, 0.29) is 5.28 Å². The minimum absolute atomic E-state index is 0.109. The molecule has 16 atom stereocenters. The van der Waals surface area contributed by atoms with Crippen molar-refractivity contribution in [1.82, 2.24) is 58.1 Å². The van der Waals surface area contributed by atoms with Crippen molar-refractivity contribution in [1.29, 1.82) is 0 Å². The van der Waals surface area contributed by atoms with Crippen molar-refractivity contribution in [3.8, 4) is 0 Å². The first kappa shape index (κ1) is 77.2. The van der Waals surface area contributed by atoms with E-state index in [0.717, 1.165) is 24.6 Å². The van der Waals surface area contributed by atoms with Crippen LogP contribution in [0.2, 0.25) is 5.28 Å². The Balaban J connectivity index is 0.000000152. The van der Waals surface area contributed by atoms with Gasteiger partial charge in [0.25, 0.3) is 0 Å². The van der Waals surface area contributed by atoms with Gasteiger partial charge in [0.2, 0.25) is 5.28 Å². The second-order valence-electron chi connectivity index (χ2n) is 27.6. The van der Waals surface area contributed by atoms with Gasteiger partial charge in [-0.1, -0.05) is 11.8 Å². The van der Waals surface area contributed by atoms with Crippen molar-refractivity contribution in [2.45, 2.75) is 129 Å². The summed E-state index contributed by atoms with van der Waals surface area (Å²) in [5, 5.41) is 84.2. The second-order valence-corrected chi connectivity index (χ2v) is 47.3. The molecule has 8 aromatic heterocycles. The van der Waals surface area contributed by atoms with Gasteiger partial charge in [0, 0.05) is 47.4 Å². The number of imidazole rings is 4. The number of ether oxygens (including phenoxy) is 4. The highest BCUT2D eigenvalue weighted by molar-refractivity contribution is 14.1. The van der Waals surface area contributed by atoms with Crippen LogP contribution in [-0.4, -0.2) is 282 Å². The Labute approximate surface area is 591 Å². The summed E-state index contributed by atoms with van der Waals surface area (Å²) >= 11 is 15.0. The smallest absolute Gasteiger partial charge is 0.207 e. The number of thioether (sulfide) groups is 1. The number of anilines is 4. The van der Waals surface area contributed by atoms with E-state index >= 15 is 0 Å². The van der Waals surface area contributed by atoms with E-state index in [0.29, 0.717) is 107 Å². The van der Waals surface area contributed by atoms with Gasteiger partial charge < -0.3 is 87.7 Å². The van der Waals surface area contributed by atoms with Crippen molar-refractivity contribution < 1.29 is 59.8 Å². The number of nitrogens with one attached hydrogen (secondary N) is 1. The van der Waals surface area contributed by atoms with Crippen LogP contribution in [0.3, 0.4) is 0 Å². The van der Waals surface area contributed by atoms with Crippen LogP contribution >= 0.6 is 85.7 Å². The number of nitrogen functional groups attached to an aromatic ring is 4. The number of nitrogens with two attached hydrogens (primary N) is 4. The van der Waals surface area contributed by atoms with E-state index in [1.54, 1.807) is 56.6 Å². The third-order valence-corrected chi connectivity index (χ3v) is 24.8. The van der Waals surface area contributed by atoms with Crippen molar-refractivity contribution in [3.05, 3.63) is 62.9 Å². The van der Waals surface area contributed by atoms with Crippen LogP contribution in [-0.2, 0) is 18.9 Å². The second kappa shape index (κ2) is 30.9. The molecule has 4 aliphatic heterocycles. The minimum Gasteiger partial charge on any atom is -0.397 e. The maximum atomic E-state index is 10.6. The number of aliphatic hydroxyl groups is 8. The van der Waals surface area contributed by atoms with Crippen LogP contribution in [0.1, 0.15) is 50.6 Å². The third kappa shape index (κ3) is 17.6. The first-order valence-corrected chi connectivity index (χ1v) is 46.4. The summed E-state index contributed by atoms with van der Waals surface area (Å²) in [7, 11) is 0. The number of pyridine rings is 4. The molecule has 0 aromatic carbocycles. The lowest BCUT2D eigenvalue weighted by molar-refractivity contribution is -0.0400. The Morgan fingerprint density at radius 1 is 0.485 bits per heavy atom. The normalized spacial score (nSPS) is 27.7. The Bertz CT molecular complexity index is 4250. The minimum atomic E-state index is -1.25. The number of aliphatic hydroxyl groups excluding tert-OH is 8. The molecule has 0 unspecified atom stereocenters. The highest BCUT2D eigenvalue weighted by Gasteiger charge is 2.49. The molecule has 12 rings (SSSR count). The van der Waals surface area contributed by atoms with E-state index in [4.69, 9.17) is 65.7 Å². The molecule has 4 fully saturated rings. The molecular weight excluding hydrogens is 1500 g/mol. The van der Waals surface area contributed by atoms with E-state index in [1.165, 1.54) is 22.5 Å². The van der Waals surface area contributed by atoms with Gasteiger partial charge in [-0.25, -0.2) is 34.9 Å². The number of fused-ring (bicyclic) bond motifs is 4. The van der Waals surface area contributed by atoms with E-state index < -0.39 is 126 Å². The lowest BCUT2D eigenvalue weighted by Crippen LogP contribution is -2.32. The summed E-state index contributed by atoms with van der Waals surface area (Å²) < 4.78 is 31.3.